The predicted octanol–water partition coefficient (Wildman–Crippen LogP) is 2.92. The summed E-state index contributed by atoms with van der Waals surface area (Å²) in [5, 5.41) is 8.88. The first-order valence-electron chi connectivity index (χ1n) is 5.71. The van der Waals surface area contributed by atoms with Crippen LogP contribution in [0, 0.1) is 23.2 Å². The smallest absolute Gasteiger partial charge is 0.303 e. The molecule has 2 rings (SSSR count). The fraction of sp³-hybridized carbons (Fsp3) is 0.917. The second kappa shape index (κ2) is 3.25. The molecule has 2 fully saturated rings. The Bertz CT molecular complexity index is 245. The first kappa shape index (κ1) is 10.0. The van der Waals surface area contributed by atoms with Crippen LogP contribution < -0.4 is 0 Å². The van der Waals surface area contributed by atoms with Crippen LogP contribution in [-0.2, 0) is 4.79 Å². The first-order valence-corrected chi connectivity index (χ1v) is 5.71. The van der Waals surface area contributed by atoms with Crippen molar-refractivity contribution >= 4 is 5.97 Å². The predicted molar refractivity (Wildman–Crippen MR) is 55.0 cm³/mol. The highest BCUT2D eigenvalue weighted by Crippen LogP contribution is 2.55. The highest BCUT2D eigenvalue weighted by molar-refractivity contribution is 5.67. The Kier molecular flexibility index (Phi) is 2.32. The molecule has 3 unspecified atom stereocenters. The Morgan fingerprint density at radius 3 is 2.50 bits per heavy atom. The van der Waals surface area contributed by atoms with E-state index >= 15 is 0 Å². The van der Waals surface area contributed by atoms with E-state index in [4.69, 9.17) is 5.11 Å². The van der Waals surface area contributed by atoms with E-state index < -0.39 is 5.97 Å². The summed E-state index contributed by atoms with van der Waals surface area (Å²) >= 11 is 0. The Hall–Kier alpha value is -0.530. The van der Waals surface area contributed by atoms with Gasteiger partial charge in [0.2, 0.25) is 0 Å². The lowest BCUT2D eigenvalue weighted by Gasteiger charge is -2.36. The summed E-state index contributed by atoms with van der Waals surface area (Å²) in [6.45, 7) is 4.26. The summed E-state index contributed by atoms with van der Waals surface area (Å²) in [6.07, 6.45) is 5.72. The zero-order valence-electron chi connectivity index (χ0n) is 9.12. The lowest BCUT2D eigenvalue weighted by Crippen LogP contribution is -2.30. The topological polar surface area (TPSA) is 37.3 Å². The molecule has 2 bridgehead atoms. The highest BCUT2D eigenvalue weighted by Gasteiger charge is 2.46. The molecule has 2 aliphatic rings. The molecule has 2 heteroatoms. The van der Waals surface area contributed by atoms with Gasteiger partial charge in [0.1, 0.15) is 0 Å². The number of carboxylic acids is 1. The van der Waals surface area contributed by atoms with Gasteiger partial charge in [-0.15, -0.1) is 0 Å². The summed E-state index contributed by atoms with van der Waals surface area (Å²) in [6, 6.07) is 0. The first-order chi connectivity index (χ1) is 6.49. The van der Waals surface area contributed by atoms with Gasteiger partial charge in [0, 0.05) is 0 Å². The largest absolute Gasteiger partial charge is 0.481 e. The van der Waals surface area contributed by atoms with Gasteiger partial charge >= 0.3 is 5.97 Å². The number of rotatable bonds is 3. The van der Waals surface area contributed by atoms with Crippen molar-refractivity contribution in [1.29, 1.82) is 0 Å². The monoisotopic (exact) mass is 196 g/mol. The minimum Gasteiger partial charge on any atom is -0.481 e. The summed E-state index contributed by atoms with van der Waals surface area (Å²) in [7, 11) is 0. The Morgan fingerprint density at radius 2 is 2.07 bits per heavy atom. The third kappa shape index (κ3) is 1.67. The normalized spacial score (nSPS) is 36.3. The zero-order chi connectivity index (χ0) is 10.3. The lowest BCUT2D eigenvalue weighted by atomic mass is 9.69. The maximum atomic E-state index is 10.8. The quantitative estimate of drug-likeness (QED) is 0.753. The molecule has 1 N–H and O–H groups in total. The van der Waals surface area contributed by atoms with E-state index in [0.717, 1.165) is 11.8 Å². The van der Waals surface area contributed by atoms with Crippen LogP contribution in [-0.4, -0.2) is 11.1 Å². The second-order valence-corrected chi connectivity index (χ2v) is 5.84. The molecule has 0 aromatic heterocycles. The molecule has 80 valence electrons. The third-order valence-corrected chi connectivity index (χ3v) is 4.35. The Morgan fingerprint density at radius 1 is 1.36 bits per heavy atom. The lowest BCUT2D eigenvalue weighted by molar-refractivity contribution is -0.140. The maximum Gasteiger partial charge on any atom is 0.303 e. The molecule has 14 heavy (non-hydrogen) atoms. The van der Waals surface area contributed by atoms with E-state index in [1.807, 2.05) is 0 Å². The Labute approximate surface area is 85.7 Å². The summed E-state index contributed by atoms with van der Waals surface area (Å²) < 4.78 is 0. The zero-order valence-corrected chi connectivity index (χ0v) is 9.12. The van der Waals surface area contributed by atoms with E-state index in [0.29, 0.717) is 12.3 Å². The van der Waals surface area contributed by atoms with Gasteiger partial charge < -0.3 is 5.11 Å². The number of fused-ring (bicyclic) bond motifs is 2. The van der Waals surface area contributed by atoms with E-state index in [2.05, 4.69) is 13.8 Å². The number of carboxylic acid groups (broad SMARTS) is 1. The van der Waals surface area contributed by atoms with Gasteiger partial charge in [-0.1, -0.05) is 20.3 Å². The maximum absolute atomic E-state index is 10.8. The van der Waals surface area contributed by atoms with Crippen molar-refractivity contribution in [3.8, 4) is 0 Å². The van der Waals surface area contributed by atoms with Crippen molar-refractivity contribution in [2.75, 3.05) is 0 Å². The fourth-order valence-electron chi connectivity index (χ4n) is 3.72. The molecule has 0 amide bonds. The second-order valence-electron chi connectivity index (χ2n) is 5.84. The van der Waals surface area contributed by atoms with Crippen LogP contribution in [0.1, 0.15) is 46.0 Å². The molecule has 0 radical (unpaired) electrons. The van der Waals surface area contributed by atoms with Crippen molar-refractivity contribution in [1.82, 2.24) is 0 Å². The number of hydrogen-bond donors (Lipinski definition) is 1. The van der Waals surface area contributed by atoms with E-state index in [1.165, 1.54) is 25.7 Å². The minimum atomic E-state index is -0.641. The number of aliphatic carboxylic acids is 1. The molecule has 0 aromatic carbocycles. The van der Waals surface area contributed by atoms with Crippen LogP contribution in [0.4, 0.5) is 0 Å². The van der Waals surface area contributed by atoms with Crippen LogP contribution >= 0.6 is 0 Å². The summed E-state index contributed by atoms with van der Waals surface area (Å²) in [5.74, 6) is 1.77. The van der Waals surface area contributed by atoms with Crippen LogP contribution in [0.3, 0.4) is 0 Å². The fourth-order valence-corrected chi connectivity index (χ4v) is 3.72. The molecule has 0 saturated heterocycles. The van der Waals surface area contributed by atoms with E-state index in [-0.39, 0.29) is 5.41 Å². The van der Waals surface area contributed by atoms with E-state index in [9.17, 15) is 4.79 Å². The molecule has 2 nitrogen and oxygen atoms in total. The molecular weight excluding hydrogens is 176 g/mol. The van der Waals surface area contributed by atoms with Gasteiger partial charge in [0.25, 0.3) is 0 Å². The molecule has 2 aliphatic carbocycles. The number of hydrogen-bond acceptors (Lipinski definition) is 1. The molecule has 3 atom stereocenters. The van der Waals surface area contributed by atoms with Crippen molar-refractivity contribution in [3.05, 3.63) is 0 Å². The average molecular weight is 196 g/mol. The van der Waals surface area contributed by atoms with Crippen LogP contribution in [0.15, 0.2) is 0 Å². The Balaban J connectivity index is 2.03. The highest BCUT2D eigenvalue weighted by atomic mass is 16.4. The summed E-state index contributed by atoms with van der Waals surface area (Å²) in [5.41, 5.74) is 0.00563. The van der Waals surface area contributed by atoms with Gasteiger partial charge in [-0.25, -0.2) is 0 Å². The molecule has 0 spiro atoms. The molecule has 2 saturated carbocycles. The van der Waals surface area contributed by atoms with Gasteiger partial charge in [0.05, 0.1) is 6.42 Å². The third-order valence-electron chi connectivity index (χ3n) is 4.35. The van der Waals surface area contributed by atoms with Crippen LogP contribution in [0.2, 0.25) is 0 Å². The molecular formula is C12H20O2. The minimum absolute atomic E-state index is 0.00563. The molecule has 0 aromatic rings. The van der Waals surface area contributed by atoms with Crippen molar-refractivity contribution < 1.29 is 9.90 Å². The molecule has 0 aliphatic heterocycles. The van der Waals surface area contributed by atoms with Crippen LogP contribution in [0.5, 0.6) is 0 Å². The van der Waals surface area contributed by atoms with Gasteiger partial charge in [-0.2, -0.15) is 0 Å². The average Bonchev–Trinajstić information content (AvgIpc) is 2.60. The van der Waals surface area contributed by atoms with Crippen molar-refractivity contribution in [3.63, 3.8) is 0 Å². The standard InChI is InChI=1S/C12H20O2/c1-12(2,7-11(13)14)10-6-8-3-4-9(10)5-8/h8-10H,3-7H2,1-2H3,(H,13,14). The summed E-state index contributed by atoms with van der Waals surface area (Å²) in [4.78, 5) is 10.8. The van der Waals surface area contributed by atoms with Crippen molar-refractivity contribution in [2.24, 2.45) is 23.2 Å². The van der Waals surface area contributed by atoms with E-state index in [1.54, 1.807) is 0 Å². The van der Waals surface area contributed by atoms with Crippen LogP contribution in [0.25, 0.3) is 0 Å². The van der Waals surface area contributed by atoms with Gasteiger partial charge in [0.15, 0.2) is 0 Å². The SMILES string of the molecule is CC(C)(CC(=O)O)C1CC2CCC1C2. The van der Waals surface area contributed by atoms with Gasteiger partial charge in [-0.05, 0) is 42.4 Å². The molecule has 0 heterocycles. The van der Waals surface area contributed by atoms with Gasteiger partial charge in [-0.3, -0.25) is 4.79 Å². The number of carbonyl (C=O) groups is 1. The van der Waals surface area contributed by atoms with Crippen molar-refractivity contribution in [2.45, 2.75) is 46.0 Å².